The normalized spacial score (nSPS) is 11.2. The van der Waals surface area contributed by atoms with E-state index in [2.05, 4.69) is 32.0 Å². The van der Waals surface area contributed by atoms with Crippen molar-refractivity contribution in [2.45, 2.75) is 20.4 Å². The van der Waals surface area contributed by atoms with Crippen molar-refractivity contribution in [3.8, 4) is 11.3 Å². The van der Waals surface area contributed by atoms with Crippen LogP contribution in [0.15, 0.2) is 36.5 Å². The van der Waals surface area contributed by atoms with Gasteiger partial charge in [0.05, 0.1) is 16.4 Å². The third-order valence-corrected chi connectivity index (χ3v) is 3.75. The van der Waals surface area contributed by atoms with Crippen molar-refractivity contribution in [1.29, 1.82) is 0 Å². The summed E-state index contributed by atoms with van der Waals surface area (Å²) in [5.41, 5.74) is 12.3. The van der Waals surface area contributed by atoms with Crippen molar-refractivity contribution in [1.82, 2.24) is 9.38 Å². The Bertz CT molecular complexity index is 790. The van der Waals surface area contributed by atoms with Gasteiger partial charge >= 0.3 is 0 Å². The molecule has 2 heterocycles. The first-order valence-corrected chi connectivity index (χ1v) is 6.92. The number of hydrogen-bond acceptors (Lipinski definition) is 2. The van der Waals surface area contributed by atoms with Gasteiger partial charge in [-0.1, -0.05) is 29.3 Å². The zero-order chi connectivity index (χ0) is 14.3. The smallest absolute Gasteiger partial charge is 0.137 e. The Kier molecular flexibility index (Phi) is 3.24. The number of aromatic nitrogens is 2. The van der Waals surface area contributed by atoms with Gasteiger partial charge < -0.3 is 10.1 Å². The number of pyridine rings is 1. The van der Waals surface area contributed by atoms with Gasteiger partial charge in [0.1, 0.15) is 5.65 Å². The number of nitrogens with two attached hydrogens (primary N) is 1. The van der Waals surface area contributed by atoms with Crippen LogP contribution in [-0.2, 0) is 6.54 Å². The maximum Gasteiger partial charge on any atom is 0.137 e. The maximum atomic E-state index is 6.07. The van der Waals surface area contributed by atoms with Gasteiger partial charge in [0.25, 0.3) is 0 Å². The number of hydrogen-bond donors (Lipinski definition) is 1. The van der Waals surface area contributed by atoms with Crippen LogP contribution in [0.5, 0.6) is 0 Å². The summed E-state index contributed by atoms with van der Waals surface area (Å²) in [6.45, 7) is 4.59. The van der Waals surface area contributed by atoms with Gasteiger partial charge in [-0.2, -0.15) is 0 Å². The molecule has 0 aliphatic rings. The van der Waals surface area contributed by atoms with Gasteiger partial charge in [0, 0.05) is 18.3 Å². The molecule has 0 atom stereocenters. The topological polar surface area (TPSA) is 43.3 Å². The number of nitrogens with zero attached hydrogens (tertiary/aromatic N) is 2. The number of halogens is 1. The van der Waals surface area contributed by atoms with Gasteiger partial charge in [0.2, 0.25) is 0 Å². The molecule has 0 aliphatic heterocycles. The van der Waals surface area contributed by atoms with Crippen LogP contribution < -0.4 is 5.73 Å². The third kappa shape index (κ3) is 2.09. The number of rotatable bonds is 2. The van der Waals surface area contributed by atoms with E-state index in [4.69, 9.17) is 22.3 Å². The van der Waals surface area contributed by atoms with Crippen LogP contribution in [0.1, 0.15) is 16.8 Å². The fourth-order valence-corrected chi connectivity index (χ4v) is 2.63. The third-order valence-electron chi connectivity index (χ3n) is 3.52. The largest absolute Gasteiger partial charge is 0.325 e. The van der Waals surface area contributed by atoms with E-state index in [0.717, 1.165) is 22.6 Å². The summed E-state index contributed by atoms with van der Waals surface area (Å²) in [4.78, 5) is 4.72. The van der Waals surface area contributed by atoms with Gasteiger partial charge in [-0.25, -0.2) is 4.98 Å². The van der Waals surface area contributed by atoms with E-state index in [1.807, 2.05) is 22.7 Å². The second-order valence-electron chi connectivity index (χ2n) is 5.01. The second-order valence-corrected chi connectivity index (χ2v) is 5.44. The van der Waals surface area contributed by atoms with Crippen LogP contribution in [0.3, 0.4) is 0 Å². The molecule has 3 nitrogen and oxygen atoms in total. The van der Waals surface area contributed by atoms with E-state index in [0.29, 0.717) is 11.6 Å². The Morgan fingerprint density at radius 1 is 1.20 bits per heavy atom. The average Bonchev–Trinajstić information content (AvgIpc) is 2.79. The molecule has 0 bridgehead atoms. The van der Waals surface area contributed by atoms with E-state index in [1.54, 1.807) is 0 Å². The first-order chi connectivity index (χ1) is 9.60. The molecule has 0 fully saturated rings. The van der Waals surface area contributed by atoms with E-state index in [1.165, 1.54) is 11.1 Å². The number of aryl methyl sites for hydroxylation is 2. The van der Waals surface area contributed by atoms with E-state index >= 15 is 0 Å². The van der Waals surface area contributed by atoms with Crippen LogP contribution >= 0.6 is 11.6 Å². The molecule has 0 spiro atoms. The summed E-state index contributed by atoms with van der Waals surface area (Å²) in [6, 6.07) is 10.1. The molecule has 0 saturated carbocycles. The van der Waals surface area contributed by atoms with E-state index < -0.39 is 0 Å². The van der Waals surface area contributed by atoms with Gasteiger partial charge in [-0.15, -0.1) is 0 Å². The summed E-state index contributed by atoms with van der Waals surface area (Å²) in [5, 5.41) is 0.678. The summed E-state index contributed by atoms with van der Waals surface area (Å²) < 4.78 is 1.97. The Balaban J connectivity index is 2.33. The van der Waals surface area contributed by atoms with E-state index in [-0.39, 0.29) is 0 Å². The maximum absolute atomic E-state index is 6.07. The van der Waals surface area contributed by atoms with Crippen molar-refractivity contribution in [2.75, 3.05) is 0 Å². The predicted molar refractivity (Wildman–Crippen MR) is 83.0 cm³/mol. The average molecular weight is 286 g/mol. The van der Waals surface area contributed by atoms with Crippen molar-refractivity contribution in [3.05, 3.63) is 58.4 Å². The molecule has 4 heteroatoms. The molecule has 3 rings (SSSR count). The lowest BCUT2D eigenvalue weighted by atomic mass is 10.0. The lowest BCUT2D eigenvalue weighted by Gasteiger charge is -2.07. The summed E-state index contributed by atoms with van der Waals surface area (Å²) in [6.07, 6.45) is 1.86. The van der Waals surface area contributed by atoms with Gasteiger partial charge in [-0.05, 0) is 37.6 Å². The lowest BCUT2D eigenvalue weighted by Crippen LogP contribution is -2.03. The molecule has 102 valence electrons. The number of imidazole rings is 1. The highest BCUT2D eigenvalue weighted by Gasteiger charge is 2.14. The van der Waals surface area contributed by atoms with Crippen LogP contribution in [-0.4, -0.2) is 9.38 Å². The second kappa shape index (κ2) is 4.93. The van der Waals surface area contributed by atoms with Crippen molar-refractivity contribution >= 4 is 17.2 Å². The number of benzene rings is 1. The summed E-state index contributed by atoms with van der Waals surface area (Å²) in [5.74, 6) is 0. The molecule has 20 heavy (non-hydrogen) atoms. The fourth-order valence-electron chi connectivity index (χ4n) is 2.47. The Morgan fingerprint density at radius 2 is 2.00 bits per heavy atom. The predicted octanol–water partition coefficient (Wildman–Crippen LogP) is 3.73. The Morgan fingerprint density at radius 3 is 2.75 bits per heavy atom. The molecular weight excluding hydrogens is 270 g/mol. The zero-order valence-electron chi connectivity index (χ0n) is 11.5. The van der Waals surface area contributed by atoms with Crippen molar-refractivity contribution in [2.24, 2.45) is 5.73 Å². The summed E-state index contributed by atoms with van der Waals surface area (Å²) >= 11 is 6.07. The lowest BCUT2D eigenvalue weighted by molar-refractivity contribution is 0.961. The minimum Gasteiger partial charge on any atom is -0.325 e. The highest BCUT2D eigenvalue weighted by molar-refractivity contribution is 6.30. The monoisotopic (exact) mass is 285 g/mol. The minimum atomic E-state index is 0.421. The van der Waals surface area contributed by atoms with Crippen molar-refractivity contribution in [3.63, 3.8) is 0 Å². The standard InChI is InChI=1S/C16H16ClN3/c1-10-3-4-11(2)13(7-10)16-14(8-18)20-9-12(17)5-6-15(20)19-16/h3-7,9H,8,18H2,1-2H3. The highest BCUT2D eigenvalue weighted by Crippen LogP contribution is 2.28. The van der Waals surface area contributed by atoms with E-state index in [9.17, 15) is 0 Å². The zero-order valence-corrected chi connectivity index (χ0v) is 12.3. The van der Waals surface area contributed by atoms with Crippen LogP contribution in [0.25, 0.3) is 16.9 Å². The molecule has 0 unspecified atom stereocenters. The Labute approximate surface area is 123 Å². The van der Waals surface area contributed by atoms with Crippen LogP contribution in [0, 0.1) is 13.8 Å². The molecule has 2 aromatic heterocycles. The molecule has 0 saturated heterocycles. The SMILES string of the molecule is Cc1ccc(C)c(-c2nc3ccc(Cl)cn3c2CN)c1. The van der Waals surface area contributed by atoms with Crippen molar-refractivity contribution < 1.29 is 0 Å². The first kappa shape index (κ1) is 13.2. The van der Waals surface area contributed by atoms with Crippen LogP contribution in [0.2, 0.25) is 5.02 Å². The molecule has 1 aromatic carbocycles. The molecule has 0 radical (unpaired) electrons. The number of fused-ring (bicyclic) bond motifs is 1. The van der Waals surface area contributed by atoms with Gasteiger partial charge in [-0.3, -0.25) is 0 Å². The first-order valence-electron chi connectivity index (χ1n) is 6.54. The fraction of sp³-hybridized carbons (Fsp3) is 0.188. The minimum absolute atomic E-state index is 0.421. The molecule has 2 N–H and O–H groups in total. The highest BCUT2D eigenvalue weighted by atomic mass is 35.5. The molecular formula is C16H16ClN3. The molecule has 0 amide bonds. The molecule has 3 aromatic rings. The van der Waals surface area contributed by atoms with Crippen LogP contribution in [0.4, 0.5) is 0 Å². The Hall–Kier alpha value is -1.84. The quantitative estimate of drug-likeness (QED) is 0.779. The summed E-state index contributed by atoms with van der Waals surface area (Å²) in [7, 11) is 0. The van der Waals surface area contributed by atoms with Gasteiger partial charge in [0.15, 0.2) is 0 Å². The molecule has 0 aliphatic carbocycles.